The molecule has 0 fully saturated rings. The first kappa shape index (κ1) is 10.0. The van der Waals surface area contributed by atoms with E-state index in [1.54, 1.807) is 13.8 Å². The fourth-order valence-corrected chi connectivity index (χ4v) is 0.732. The van der Waals surface area contributed by atoms with Crippen molar-refractivity contribution in [2.45, 2.75) is 25.9 Å². The van der Waals surface area contributed by atoms with Crippen LogP contribution in [-0.4, -0.2) is 22.4 Å². The third-order valence-corrected chi connectivity index (χ3v) is 1.14. The van der Waals surface area contributed by atoms with Crippen LogP contribution in [0.5, 0.6) is 0 Å². The maximum Gasteiger partial charge on any atom is 0.189 e. The lowest BCUT2D eigenvalue weighted by molar-refractivity contribution is 0.122. The van der Waals surface area contributed by atoms with Crippen LogP contribution in [0.4, 0.5) is 0 Å². The highest BCUT2D eigenvalue weighted by Gasteiger charge is 2.19. The molecule has 0 unspecified atom stereocenters. The summed E-state index contributed by atoms with van der Waals surface area (Å²) in [5.74, 6) is 10.2. The van der Waals surface area contributed by atoms with E-state index in [-0.39, 0.29) is 13.0 Å². The van der Waals surface area contributed by atoms with Crippen LogP contribution in [0.25, 0.3) is 0 Å². The molecular formula is C9H12O2. The molecule has 0 amide bonds. The van der Waals surface area contributed by atoms with Gasteiger partial charge in [-0.15, -0.1) is 11.8 Å². The molecule has 0 atom stereocenters. The number of rotatable bonds is 2. The van der Waals surface area contributed by atoms with E-state index in [2.05, 4.69) is 23.7 Å². The minimum absolute atomic E-state index is 0.111. The lowest BCUT2D eigenvalue weighted by Gasteiger charge is -2.12. The van der Waals surface area contributed by atoms with Gasteiger partial charge in [-0.1, -0.05) is 11.8 Å². The molecule has 2 heteroatoms. The topological polar surface area (TPSA) is 40.5 Å². The largest absolute Gasteiger partial charge is 0.396 e. The SMILES string of the molecule is CC#CC(O)(C#CC)CCO. The Morgan fingerprint density at radius 3 is 1.91 bits per heavy atom. The second-order valence-electron chi connectivity index (χ2n) is 2.08. The van der Waals surface area contributed by atoms with Gasteiger partial charge in [0.25, 0.3) is 0 Å². The Hall–Kier alpha value is -0.960. The van der Waals surface area contributed by atoms with E-state index in [4.69, 9.17) is 5.11 Å². The van der Waals surface area contributed by atoms with Crippen molar-refractivity contribution in [3.63, 3.8) is 0 Å². The van der Waals surface area contributed by atoms with Crippen molar-refractivity contribution < 1.29 is 10.2 Å². The lowest BCUT2D eigenvalue weighted by atomic mass is 10.0. The maximum absolute atomic E-state index is 9.50. The molecule has 0 aromatic heterocycles. The van der Waals surface area contributed by atoms with Crippen LogP contribution < -0.4 is 0 Å². The summed E-state index contributed by atoms with van der Waals surface area (Å²) in [6.45, 7) is 3.14. The Morgan fingerprint density at radius 2 is 1.64 bits per heavy atom. The van der Waals surface area contributed by atoms with Gasteiger partial charge in [0, 0.05) is 13.0 Å². The van der Waals surface area contributed by atoms with Crippen molar-refractivity contribution in [1.29, 1.82) is 0 Å². The van der Waals surface area contributed by atoms with E-state index in [0.29, 0.717) is 0 Å². The number of aliphatic hydroxyl groups excluding tert-OH is 1. The predicted molar refractivity (Wildman–Crippen MR) is 43.6 cm³/mol. The summed E-state index contributed by atoms with van der Waals surface area (Å²) >= 11 is 0. The zero-order valence-corrected chi connectivity index (χ0v) is 6.81. The molecule has 0 heterocycles. The molecule has 2 N–H and O–H groups in total. The molecule has 60 valence electrons. The molecule has 0 bridgehead atoms. The second-order valence-corrected chi connectivity index (χ2v) is 2.08. The molecule has 2 nitrogen and oxygen atoms in total. The summed E-state index contributed by atoms with van der Waals surface area (Å²) in [4.78, 5) is 0. The van der Waals surface area contributed by atoms with Gasteiger partial charge in [0.2, 0.25) is 0 Å². The second kappa shape index (κ2) is 4.79. The highest BCUT2D eigenvalue weighted by atomic mass is 16.3. The Balaban J connectivity index is 4.42. The molecule has 0 saturated heterocycles. The van der Waals surface area contributed by atoms with Crippen LogP contribution in [0, 0.1) is 23.7 Å². The zero-order chi connectivity index (χ0) is 8.74. The standard InChI is InChI=1S/C9H12O2/c1-3-5-9(11,6-4-2)7-8-10/h10-11H,7-8H2,1-2H3. The lowest BCUT2D eigenvalue weighted by Crippen LogP contribution is -2.25. The maximum atomic E-state index is 9.50. The summed E-state index contributed by atoms with van der Waals surface area (Å²) in [5, 5.41) is 18.1. The summed E-state index contributed by atoms with van der Waals surface area (Å²) < 4.78 is 0. The van der Waals surface area contributed by atoms with E-state index < -0.39 is 5.60 Å². The van der Waals surface area contributed by atoms with E-state index >= 15 is 0 Å². The Labute approximate surface area is 67.2 Å². The Kier molecular flexibility index (Phi) is 4.38. The first-order valence-corrected chi connectivity index (χ1v) is 3.39. The van der Waals surface area contributed by atoms with Crippen LogP contribution in [0.15, 0.2) is 0 Å². The summed E-state index contributed by atoms with van der Waals surface area (Å²) in [7, 11) is 0. The minimum atomic E-state index is -1.32. The highest BCUT2D eigenvalue weighted by molar-refractivity contribution is 5.28. The Morgan fingerprint density at radius 1 is 1.18 bits per heavy atom. The first-order valence-electron chi connectivity index (χ1n) is 3.39. The molecule has 11 heavy (non-hydrogen) atoms. The smallest absolute Gasteiger partial charge is 0.189 e. The highest BCUT2D eigenvalue weighted by Crippen LogP contribution is 2.06. The summed E-state index contributed by atoms with van der Waals surface area (Å²) in [5.41, 5.74) is -1.32. The predicted octanol–water partition coefficient (Wildman–Crippen LogP) is 0.146. The normalized spacial score (nSPS) is 9.09. The van der Waals surface area contributed by atoms with Gasteiger partial charge >= 0.3 is 0 Å². The van der Waals surface area contributed by atoms with Gasteiger partial charge < -0.3 is 10.2 Å². The van der Waals surface area contributed by atoms with Crippen molar-refractivity contribution in [3.8, 4) is 23.7 Å². The quantitative estimate of drug-likeness (QED) is 0.553. The zero-order valence-electron chi connectivity index (χ0n) is 6.81. The van der Waals surface area contributed by atoms with Gasteiger partial charge in [0.05, 0.1) is 0 Å². The third-order valence-electron chi connectivity index (χ3n) is 1.14. The first-order chi connectivity index (χ1) is 5.18. The van der Waals surface area contributed by atoms with Crippen LogP contribution in [0.3, 0.4) is 0 Å². The van der Waals surface area contributed by atoms with Gasteiger partial charge in [-0.05, 0) is 13.8 Å². The van der Waals surface area contributed by atoms with Gasteiger partial charge in [-0.2, -0.15) is 0 Å². The molecule has 0 aromatic rings. The Bertz CT molecular complexity index is 201. The molecule has 0 aliphatic rings. The average molecular weight is 152 g/mol. The molecule has 0 radical (unpaired) electrons. The summed E-state index contributed by atoms with van der Waals surface area (Å²) in [6, 6.07) is 0. The molecule has 0 saturated carbocycles. The van der Waals surface area contributed by atoms with Crippen LogP contribution >= 0.6 is 0 Å². The molecule has 0 aliphatic heterocycles. The number of aliphatic hydroxyl groups is 2. The molecule has 0 aliphatic carbocycles. The van der Waals surface area contributed by atoms with Crippen LogP contribution in [0.1, 0.15) is 20.3 Å². The van der Waals surface area contributed by atoms with E-state index in [9.17, 15) is 5.11 Å². The summed E-state index contributed by atoms with van der Waals surface area (Å²) in [6.07, 6.45) is 0.175. The number of hydrogen-bond acceptors (Lipinski definition) is 2. The van der Waals surface area contributed by atoms with Crippen molar-refractivity contribution in [1.82, 2.24) is 0 Å². The fourth-order valence-electron chi connectivity index (χ4n) is 0.732. The van der Waals surface area contributed by atoms with Gasteiger partial charge in [-0.3, -0.25) is 0 Å². The van der Waals surface area contributed by atoms with Crippen molar-refractivity contribution in [2.75, 3.05) is 6.61 Å². The molecular weight excluding hydrogens is 140 g/mol. The van der Waals surface area contributed by atoms with Crippen molar-refractivity contribution in [3.05, 3.63) is 0 Å². The van der Waals surface area contributed by atoms with E-state index in [0.717, 1.165) is 0 Å². The van der Waals surface area contributed by atoms with Crippen LogP contribution in [-0.2, 0) is 0 Å². The number of hydrogen-bond donors (Lipinski definition) is 2. The van der Waals surface area contributed by atoms with E-state index in [1.807, 2.05) is 0 Å². The monoisotopic (exact) mass is 152 g/mol. The van der Waals surface area contributed by atoms with Gasteiger partial charge in [-0.25, -0.2) is 0 Å². The van der Waals surface area contributed by atoms with Crippen LogP contribution in [0.2, 0.25) is 0 Å². The van der Waals surface area contributed by atoms with Crippen molar-refractivity contribution in [2.24, 2.45) is 0 Å². The average Bonchev–Trinajstić information content (AvgIpc) is 1.88. The molecule has 0 spiro atoms. The molecule has 0 aromatic carbocycles. The van der Waals surface area contributed by atoms with E-state index in [1.165, 1.54) is 0 Å². The minimum Gasteiger partial charge on any atom is -0.396 e. The van der Waals surface area contributed by atoms with Gasteiger partial charge in [0.15, 0.2) is 5.60 Å². The van der Waals surface area contributed by atoms with Crippen molar-refractivity contribution >= 4 is 0 Å². The van der Waals surface area contributed by atoms with Gasteiger partial charge in [0.1, 0.15) is 0 Å². The third kappa shape index (κ3) is 3.68. The molecule has 0 rings (SSSR count). The fraction of sp³-hybridized carbons (Fsp3) is 0.556.